The maximum atomic E-state index is 8.63. The van der Waals surface area contributed by atoms with E-state index < -0.39 is 0 Å². The van der Waals surface area contributed by atoms with E-state index in [0.29, 0.717) is 6.61 Å². The number of hydrogen-bond acceptors (Lipinski definition) is 1. The zero-order valence-electron chi connectivity index (χ0n) is 11.5. The fourth-order valence-corrected chi connectivity index (χ4v) is 2.05. The first-order chi connectivity index (χ1) is 7.81. The van der Waals surface area contributed by atoms with Crippen molar-refractivity contribution in [3.8, 4) is 0 Å². The van der Waals surface area contributed by atoms with Gasteiger partial charge in [-0.15, -0.1) is 0 Å². The highest BCUT2D eigenvalue weighted by atomic mass is 16.2. The highest BCUT2D eigenvalue weighted by Crippen LogP contribution is 2.14. The number of aliphatic hydroxyl groups is 1. The van der Waals surface area contributed by atoms with Gasteiger partial charge in [-0.05, 0) is 12.3 Å². The van der Waals surface area contributed by atoms with Crippen LogP contribution in [-0.4, -0.2) is 11.7 Å². The highest BCUT2D eigenvalue weighted by molar-refractivity contribution is 4.52. The van der Waals surface area contributed by atoms with Gasteiger partial charge in [0.2, 0.25) is 0 Å². The number of unbranched alkanes of at least 4 members (excludes halogenated alkanes) is 8. The third-order valence-electron chi connectivity index (χ3n) is 3.55. The van der Waals surface area contributed by atoms with Crippen molar-refractivity contribution in [2.75, 3.05) is 6.61 Å². The minimum atomic E-state index is 0.371. The predicted octanol–water partition coefficient (Wildman–Crippen LogP) is 4.93. The summed E-state index contributed by atoms with van der Waals surface area (Å²) in [5.41, 5.74) is 0. The van der Waals surface area contributed by atoms with Gasteiger partial charge in [0.15, 0.2) is 0 Å². The third kappa shape index (κ3) is 12.0. The van der Waals surface area contributed by atoms with E-state index in [1.165, 1.54) is 64.2 Å². The first-order valence-corrected chi connectivity index (χ1v) is 7.42. The van der Waals surface area contributed by atoms with Gasteiger partial charge in [-0.25, -0.2) is 0 Å². The van der Waals surface area contributed by atoms with Crippen molar-refractivity contribution in [1.82, 2.24) is 0 Å². The summed E-state index contributed by atoms with van der Waals surface area (Å²) >= 11 is 0. The fraction of sp³-hybridized carbons (Fsp3) is 1.00. The van der Waals surface area contributed by atoms with Crippen molar-refractivity contribution in [3.63, 3.8) is 0 Å². The molecule has 0 spiro atoms. The Balaban J connectivity index is 2.93. The molecule has 0 aromatic carbocycles. The molecule has 16 heavy (non-hydrogen) atoms. The van der Waals surface area contributed by atoms with E-state index in [9.17, 15) is 0 Å². The van der Waals surface area contributed by atoms with E-state index in [4.69, 9.17) is 5.11 Å². The molecule has 0 bridgehead atoms. The number of rotatable bonds is 12. The van der Waals surface area contributed by atoms with Gasteiger partial charge in [0.25, 0.3) is 0 Å². The standard InChI is InChI=1S/C15H32O/c1-3-15(2)13-11-9-7-5-4-6-8-10-12-14-16/h15-16H,3-14H2,1-2H3/t15-/m0/s1. The van der Waals surface area contributed by atoms with Crippen LogP contribution in [0.15, 0.2) is 0 Å². The molecule has 0 aromatic heterocycles. The van der Waals surface area contributed by atoms with Gasteiger partial charge >= 0.3 is 0 Å². The maximum Gasteiger partial charge on any atom is 0.0431 e. The molecule has 1 N–H and O–H groups in total. The van der Waals surface area contributed by atoms with Crippen LogP contribution in [0.4, 0.5) is 0 Å². The molecule has 1 nitrogen and oxygen atoms in total. The fourth-order valence-electron chi connectivity index (χ4n) is 2.05. The molecule has 0 heterocycles. The minimum absolute atomic E-state index is 0.371. The van der Waals surface area contributed by atoms with Crippen molar-refractivity contribution in [1.29, 1.82) is 0 Å². The number of aliphatic hydroxyl groups excluding tert-OH is 1. The molecule has 0 saturated heterocycles. The Morgan fingerprint density at radius 2 is 1.19 bits per heavy atom. The Hall–Kier alpha value is -0.0400. The normalized spacial score (nSPS) is 12.9. The van der Waals surface area contributed by atoms with Crippen LogP contribution in [-0.2, 0) is 0 Å². The summed E-state index contributed by atoms with van der Waals surface area (Å²) in [6, 6.07) is 0. The largest absolute Gasteiger partial charge is 0.396 e. The van der Waals surface area contributed by atoms with Crippen molar-refractivity contribution < 1.29 is 5.11 Å². The summed E-state index contributed by atoms with van der Waals surface area (Å²) in [4.78, 5) is 0. The smallest absolute Gasteiger partial charge is 0.0431 e. The molecular weight excluding hydrogens is 196 g/mol. The van der Waals surface area contributed by atoms with E-state index in [-0.39, 0.29) is 0 Å². The third-order valence-corrected chi connectivity index (χ3v) is 3.55. The molecule has 1 atom stereocenters. The van der Waals surface area contributed by atoms with Gasteiger partial charge in [-0.3, -0.25) is 0 Å². The van der Waals surface area contributed by atoms with Gasteiger partial charge in [0.1, 0.15) is 0 Å². The first-order valence-electron chi connectivity index (χ1n) is 7.42. The van der Waals surface area contributed by atoms with Gasteiger partial charge < -0.3 is 5.11 Å². The predicted molar refractivity (Wildman–Crippen MR) is 72.7 cm³/mol. The lowest BCUT2D eigenvalue weighted by molar-refractivity contribution is 0.282. The zero-order chi connectivity index (χ0) is 12.1. The van der Waals surface area contributed by atoms with Crippen LogP contribution in [0.3, 0.4) is 0 Å². The van der Waals surface area contributed by atoms with Gasteiger partial charge in [-0.1, -0.05) is 78.1 Å². The summed E-state index contributed by atoms with van der Waals surface area (Å²) in [6.45, 7) is 5.02. The molecule has 0 fully saturated rings. The van der Waals surface area contributed by atoms with Gasteiger partial charge in [-0.2, -0.15) is 0 Å². The molecule has 0 rings (SSSR count). The van der Waals surface area contributed by atoms with Crippen LogP contribution in [0.1, 0.15) is 84.5 Å². The molecule has 0 saturated carbocycles. The summed E-state index contributed by atoms with van der Waals surface area (Å²) in [5, 5.41) is 8.63. The van der Waals surface area contributed by atoms with Crippen LogP contribution >= 0.6 is 0 Å². The zero-order valence-corrected chi connectivity index (χ0v) is 11.5. The molecular formula is C15H32O. The average molecular weight is 228 g/mol. The topological polar surface area (TPSA) is 20.2 Å². The summed E-state index contributed by atoms with van der Waals surface area (Å²) in [7, 11) is 0. The van der Waals surface area contributed by atoms with Gasteiger partial charge in [0.05, 0.1) is 0 Å². The SMILES string of the molecule is CC[C@H](C)CCCCCCCCCCCO. The molecule has 0 unspecified atom stereocenters. The Morgan fingerprint density at radius 3 is 1.62 bits per heavy atom. The van der Waals surface area contributed by atoms with E-state index >= 15 is 0 Å². The van der Waals surface area contributed by atoms with Crippen LogP contribution in [0.5, 0.6) is 0 Å². The summed E-state index contributed by atoms with van der Waals surface area (Å²) in [6.07, 6.45) is 14.8. The van der Waals surface area contributed by atoms with Crippen molar-refractivity contribution in [2.24, 2.45) is 5.92 Å². The lowest BCUT2D eigenvalue weighted by Gasteiger charge is -2.07. The van der Waals surface area contributed by atoms with E-state index in [2.05, 4.69) is 13.8 Å². The molecule has 1 heteroatoms. The summed E-state index contributed by atoms with van der Waals surface area (Å²) in [5.74, 6) is 0.929. The van der Waals surface area contributed by atoms with Crippen molar-refractivity contribution >= 4 is 0 Å². The Labute approximate surface area is 103 Å². The lowest BCUT2D eigenvalue weighted by atomic mass is 9.99. The lowest BCUT2D eigenvalue weighted by Crippen LogP contribution is -1.91. The van der Waals surface area contributed by atoms with Crippen molar-refractivity contribution in [3.05, 3.63) is 0 Å². The maximum absolute atomic E-state index is 8.63. The molecule has 0 aliphatic rings. The Morgan fingerprint density at radius 1 is 0.750 bits per heavy atom. The molecule has 0 aliphatic carbocycles. The Bertz CT molecular complexity index is 123. The Kier molecular flexibility index (Phi) is 13.0. The molecule has 0 aromatic rings. The van der Waals surface area contributed by atoms with Crippen LogP contribution in [0, 0.1) is 5.92 Å². The average Bonchev–Trinajstić information content (AvgIpc) is 2.31. The van der Waals surface area contributed by atoms with E-state index in [1.807, 2.05) is 0 Å². The first kappa shape index (κ1) is 16.0. The van der Waals surface area contributed by atoms with Crippen LogP contribution < -0.4 is 0 Å². The highest BCUT2D eigenvalue weighted by Gasteiger charge is 1.98. The minimum Gasteiger partial charge on any atom is -0.396 e. The monoisotopic (exact) mass is 228 g/mol. The van der Waals surface area contributed by atoms with Gasteiger partial charge in [0, 0.05) is 6.61 Å². The van der Waals surface area contributed by atoms with E-state index in [0.717, 1.165) is 12.3 Å². The second kappa shape index (κ2) is 13.0. The van der Waals surface area contributed by atoms with E-state index in [1.54, 1.807) is 0 Å². The second-order valence-corrected chi connectivity index (χ2v) is 5.21. The molecule has 0 amide bonds. The molecule has 0 radical (unpaired) electrons. The van der Waals surface area contributed by atoms with Crippen molar-refractivity contribution in [2.45, 2.75) is 84.5 Å². The van der Waals surface area contributed by atoms with Crippen LogP contribution in [0.2, 0.25) is 0 Å². The summed E-state index contributed by atoms with van der Waals surface area (Å²) < 4.78 is 0. The quantitative estimate of drug-likeness (QED) is 0.470. The molecule has 0 aliphatic heterocycles. The number of hydrogen-bond donors (Lipinski definition) is 1. The second-order valence-electron chi connectivity index (χ2n) is 5.21. The molecule has 98 valence electrons. The van der Waals surface area contributed by atoms with Crippen LogP contribution in [0.25, 0.3) is 0 Å².